The molecule has 0 saturated heterocycles. The largest absolute Gasteiger partial charge is 0.467 e. The van der Waals surface area contributed by atoms with Crippen LogP contribution >= 0.6 is 0 Å². The molecule has 4 aromatic rings. The molecule has 0 aliphatic carbocycles. The number of rotatable bonds is 2. The standard InChI is InChI=1S/C16H14N6O3/c1-7-6-18-16(25-2)20-14(7)22-13(17)11-12(21-22)9-4-3-8(23)5-10(9)19-15(11)24/h3-6,21H,17H2,1-2H3,(H,19,24). The highest BCUT2D eigenvalue weighted by Gasteiger charge is 2.17. The predicted molar refractivity (Wildman–Crippen MR) is 93.3 cm³/mol. The van der Waals surface area contributed by atoms with Crippen molar-refractivity contribution in [2.24, 2.45) is 0 Å². The number of aromatic amines is 2. The summed E-state index contributed by atoms with van der Waals surface area (Å²) in [5.74, 6) is 0.668. The van der Waals surface area contributed by atoms with E-state index in [1.807, 2.05) is 6.92 Å². The molecule has 0 radical (unpaired) electrons. The first-order chi connectivity index (χ1) is 12.0. The van der Waals surface area contributed by atoms with Gasteiger partial charge in [-0.2, -0.15) is 4.98 Å². The Bertz CT molecular complexity index is 1250. The van der Waals surface area contributed by atoms with Gasteiger partial charge in [0.05, 0.1) is 18.1 Å². The van der Waals surface area contributed by atoms with Gasteiger partial charge in [0.2, 0.25) is 0 Å². The van der Waals surface area contributed by atoms with E-state index in [0.717, 1.165) is 5.56 Å². The molecule has 25 heavy (non-hydrogen) atoms. The number of aromatic nitrogens is 5. The molecule has 9 heteroatoms. The summed E-state index contributed by atoms with van der Waals surface area (Å²) in [5.41, 5.74) is 7.33. The Morgan fingerprint density at radius 2 is 2.08 bits per heavy atom. The molecule has 3 heterocycles. The first-order valence-electron chi connectivity index (χ1n) is 7.44. The Morgan fingerprint density at radius 1 is 1.28 bits per heavy atom. The van der Waals surface area contributed by atoms with Gasteiger partial charge in [-0.1, -0.05) is 0 Å². The second-order valence-electron chi connectivity index (χ2n) is 5.61. The van der Waals surface area contributed by atoms with E-state index in [2.05, 4.69) is 20.1 Å². The molecule has 0 fully saturated rings. The number of aryl methyl sites for hydroxylation is 1. The molecule has 0 unspecified atom stereocenters. The Balaban J connectivity index is 2.12. The average molecular weight is 338 g/mol. The van der Waals surface area contributed by atoms with Crippen LogP contribution in [0.3, 0.4) is 0 Å². The van der Waals surface area contributed by atoms with Crippen molar-refractivity contribution in [1.82, 2.24) is 24.7 Å². The summed E-state index contributed by atoms with van der Waals surface area (Å²) >= 11 is 0. The van der Waals surface area contributed by atoms with E-state index in [1.165, 1.54) is 23.9 Å². The van der Waals surface area contributed by atoms with Crippen molar-refractivity contribution < 1.29 is 4.74 Å². The predicted octanol–water partition coefficient (Wildman–Crippen LogP) is 0.850. The molecule has 3 aromatic heterocycles. The lowest BCUT2D eigenvalue weighted by Crippen LogP contribution is -2.10. The summed E-state index contributed by atoms with van der Waals surface area (Å²) in [6.45, 7) is 1.82. The maximum atomic E-state index is 12.4. The third kappa shape index (κ3) is 2.17. The van der Waals surface area contributed by atoms with Crippen LogP contribution in [0.2, 0.25) is 0 Å². The molecule has 0 aliphatic heterocycles. The molecule has 0 spiro atoms. The normalized spacial score (nSPS) is 11.3. The number of benzene rings is 1. The number of H-pyrrole nitrogens is 2. The Morgan fingerprint density at radius 3 is 2.84 bits per heavy atom. The summed E-state index contributed by atoms with van der Waals surface area (Å²) < 4.78 is 6.56. The van der Waals surface area contributed by atoms with E-state index in [-0.39, 0.29) is 22.8 Å². The van der Waals surface area contributed by atoms with Gasteiger partial charge in [0.25, 0.3) is 5.56 Å². The van der Waals surface area contributed by atoms with Crippen molar-refractivity contribution in [3.05, 3.63) is 50.5 Å². The number of methoxy groups -OCH3 is 1. The van der Waals surface area contributed by atoms with Gasteiger partial charge in [-0.3, -0.25) is 14.7 Å². The van der Waals surface area contributed by atoms with Crippen molar-refractivity contribution >= 4 is 27.6 Å². The van der Waals surface area contributed by atoms with Crippen molar-refractivity contribution in [3.8, 4) is 11.8 Å². The third-order valence-corrected chi connectivity index (χ3v) is 4.02. The maximum Gasteiger partial charge on any atom is 0.318 e. The molecule has 4 rings (SSSR count). The molecule has 9 nitrogen and oxygen atoms in total. The first kappa shape index (κ1) is 14.9. The van der Waals surface area contributed by atoms with Gasteiger partial charge in [0, 0.05) is 23.2 Å². The van der Waals surface area contributed by atoms with E-state index in [1.54, 1.807) is 12.3 Å². The highest BCUT2D eigenvalue weighted by molar-refractivity contribution is 6.06. The van der Waals surface area contributed by atoms with Gasteiger partial charge >= 0.3 is 6.01 Å². The fourth-order valence-electron chi connectivity index (χ4n) is 2.83. The summed E-state index contributed by atoms with van der Waals surface area (Å²) in [4.78, 5) is 35.0. The zero-order chi connectivity index (χ0) is 17.7. The third-order valence-electron chi connectivity index (χ3n) is 4.02. The zero-order valence-corrected chi connectivity index (χ0v) is 13.5. The van der Waals surface area contributed by atoms with Crippen LogP contribution in [0.4, 0.5) is 5.82 Å². The lowest BCUT2D eigenvalue weighted by atomic mass is 10.1. The second kappa shape index (κ2) is 5.20. The first-order valence-corrected chi connectivity index (χ1v) is 7.44. The molecule has 0 bridgehead atoms. The molecular weight excluding hydrogens is 324 g/mol. The van der Waals surface area contributed by atoms with Crippen molar-refractivity contribution in [3.63, 3.8) is 0 Å². The van der Waals surface area contributed by atoms with E-state index in [4.69, 9.17) is 10.5 Å². The summed E-state index contributed by atoms with van der Waals surface area (Å²) in [7, 11) is 1.46. The summed E-state index contributed by atoms with van der Waals surface area (Å²) in [6.07, 6.45) is 1.60. The second-order valence-corrected chi connectivity index (χ2v) is 5.61. The van der Waals surface area contributed by atoms with Crippen LogP contribution in [0.5, 0.6) is 6.01 Å². The zero-order valence-electron chi connectivity index (χ0n) is 13.5. The molecule has 4 N–H and O–H groups in total. The molecule has 0 saturated carbocycles. The van der Waals surface area contributed by atoms with Gasteiger partial charge in [0.15, 0.2) is 11.2 Å². The SMILES string of the molecule is COc1ncc(C)c(-n2[nH]c3c(c2N)c(=O)[nH]c2cc(=O)ccc23)n1. The van der Waals surface area contributed by atoms with Crippen LogP contribution < -0.4 is 21.5 Å². The van der Waals surface area contributed by atoms with Crippen molar-refractivity contribution in [2.75, 3.05) is 12.8 Å². The fourth-order valence-corrected chi connectivity index (χ4v) is 2.83. The summed E-state index contributed by atoms with van der Waals surface area (Å²) in [6, 6.07) is 4.63. The minimum atomic E-state index is -0.390. The molecule has 0 amide bonds. The van der Waals surface area contributed by atoms with Gasteiger partial charge in [0.1, 0.15) is 11.2 Å². The van der Waals surface area contributed by atoms with Gasteiger partial charge < -0.3 is 15.5 Å². The quantitative estimate of drug-likeness (QED) is 0.496. The number of hydrogen-bond donors (Lipinski definition) is 3. The molecular formula is C16H14N6O3. The number of nitrogens with one attached hydrogen (secondary N) is 2. The molecule has 0 aliphatic rings. The van der Waals surface area contributed by atoms with E-state index in [0.29, 0.717) is 27.6 Å². The number of anilines is 1. The maximum absolute atomic E-state index is 12.4. The Kier molecular flexibility index (Phi) is 3.11. The average Bonchev–Trinajstić information content (AvgIpc) is 2.93. The molecule has 0 atom stereocenters. The smallest absolute Gasteiger partial charge is 0.318 e. The van der Waals surface area contributed by atoms with Gasteiger partial charge in [-0.25, -0.2) is 9.67 Å². The highest BCUT2D eigenvalue weighted by Crippen LogP contribution is 2.26. The van der Waals surface area contributed by atoms with Crippen LogP contribution in [-0.2, 0) is 0 Å². The van der Waals surface area contributed by atoms with Crippen LogP contribution in [0.25, 0.3) is 27.6 Å². The van der Waals surface area contributed by atoms with Gasteiger partial charge in [-0.05, 0) is 19.1 Å². The van der Waals surface area contributed by atoms with Crippen molar-refractivity contribution in [1.29, 1.82) is 0 Å². The fraction of sp³-hybridized carbons (Fsp3) is 0.125. The van der Waals surface area contributed by atoms with E-state index < -0.39 is 0 Å². The number of fused-ring (bicyclic) bond motifs is 3. The Hall–Kier alpha value is -3.62. The minimum absolute atomic E-state index is 0.181. The number of nitrogens with two attached hydrogens (primary N) is 1. The van der Waals surface area contributed by atoms with E-state index in [9.17, 15) is 9.59 Å². The number of ether oxygens (including phenoxy) is 1. The summed E-state index contributed by atoms with van der Waals surface area (Å²) in [5, 5.41) is 4.07. The number of nitrogens with zero attached hydrogens (tertiary/aromatic N) is 3. The molecule has 126 valence electrons. The topological polar surface area (TPSA) is 132 Å². The number of nitrogen functional groups attached to an aromatic ring is 1. The molecule has 1 aromatic carbocycles. The van der Waals surface area contributed by atoms with Crippen LogP contribution in [0.1, 0.15) is 5.56 Å². The van der Waals surface area contributed by atoms with Crippen LogP contribution in [0, 0.1) is 6.92 Å². The van der Waals surface area contributed by atoms with E-state index >= 15 is 0 Å². The van der Waals surface area contributed by atoms with Crippen LogP contribution in [0.15, 0.2) is 34.0 Å². The Labute approximate surface area is 140 Å². The van der Waals surface area contributed by atoms with Gasteiger partial charge in [-0.15, -0.1) is 0 Å². The lowest BCUT2D eigenvalue weighted by molar-refractivity contribution is 0.378. The highest BCUT2D eigenvalue weighted by atomic mass is 16.5. The van der Waals surface area contributed by atoms with Crippen molar-refractivity contribution in [2.45, 2.75) is 6.92 Å². The number of pyridine rings is 1. The lowest BCUT2D eigenvalue weighted by Gasteiger charge is -2.08. The number of hydrogen-bond acceptors (Lipinski definition) is 6. The van der Waals surface area contributed by atoms with Crippen LogP contribution in [-0.4, -0.2) is 31.8 Å². The monoisotopic (exact) mass is 338 g/mol. The minimum Gasteiger partial charge on any atom is -0.467 e.